The van der Waals surface area contributed by atoms with E-state index in [1.165, 1.54) is 11.3 Å². The molecule has 0 atom stereocenters. The van der Waals surface area contributed by atoms with Crippen LogP contribution in [0.15, 0.2) is 6.20 Å². The van der Waals surface area contributed by atoms with E-state index >= 15 is 0 Å². The largest absolute Gasteiger partial charge is 0.272 e. The molecular formula is C11H20N2. The SMILES string of the molecule is CC(C)c1cnn(C)c1C(C)(C)C. The van der Waals surface area contributed by atoms with Crippen molar-refractivity contribution in [1.29, 1.82) is 0 Å². The highest BCUT2D eigenvalue weighted by atomic mass is 15.3. The average molecular weight is 180 g/mol. The van der Waals surface area contributed by atoms with Crippen LogP contribution in [0.25, 0.3) is 0 Å². The molecule has 0 aliphatic rings. The average Bonchev–Trinajstić information content (AvgIpc) is 2.28. The van der Waals surface area contributed by atoms with E-state index in [9.17, 15) is 0 Å². The van der Waals surface area contributed by atoms with Crippen LogP contribution in [0.1, 0.15) is 51.8 Å². The minimum absolute atomic E-state index is 0.185. The molecular weight excluding hydrogens is 160 g/mol. The molecule has 0 aliphatic carbocycles. The Morgan fingerprint density at radius 2 is 1.85 bits per heavy atom. The maximum absolute atomic E-state index is 4.32. The van der Waals surface area contributed by atoms with Crippen LogP contribution in [-0.4, -0.2) is 9.78 Å². The van der Waals surface area contributed by atoms with Gasteiger partial charge >= 0.3 is 0 Å². The number of rotatable bonds is 1. The number of aromatic nitrogens is 2. The molecule has 0 unspecified atom stereocenters. The van der Waals surface area contributed by atoms with Crippen molar-refractivity contribution in [2.75, 3.05) is 0 Å². The maximum Gasteiger partial charge on any atom is 0.0527 e. The predicted octanol–water partition coefficient (Wildman–Crippen LogP) is 2.84. The van der Waals surface area contributed by atoms with Crippen LogP contribution in [0.4, 0.5) is 0 Å². The first-order chi connectivity index (χ1) is 5.84. The van der Waals surface area contributed by atoms with Gasteiger partial charge in [-0.05, 0) is 11.5 Å². The van der Waals surface area contributed by atoms with Crippen molar-refractivity contribution in [3.8, 4) is 0 Å². The van der Waals surface area contributed by atoms with E-state index in [1.54, 1.807) is 0 Å². The summed E-state index contributed by atoms with van der Waals surface area (Å²) >= 11 is 0. The fourth-order valence-electron chi connectivity index (χ4n) is 1.80. The van der Waals surface area contributed by atoms with E-state index in [0.29, 0.717) is 5.92 Å². The smallest absolute Gasteiger partial charge is 0.0527 e. The van der Waals surface area contributed by atoms with Crippen LogP contribution in [-0.2, 0) is 12.5 Å². The van der Waals surface area contributed by atoms with Gasteiger partial charge in [-0.25, -0.2) is 0 Å². The molecule has 1 aromatic heterocycles. The molecule has 0 saturated heterocycles. The second-order valence-corrected chi connectivity index (χ2v) is 4.98. The van der Waals surface area contributed by atoms with Gasteiger partial charge in [-0.2, -0.15) is 5.10 Å². The van der Waals surface area contributed by atoms with Crippen LogP contribution < -0.4 is 0 Å². The van der Waals surface area contributed by atoms with Gasteiger partial charge in [-0.1, -0.05) is 34.6 Å². The summed E-state index contributed by atoms with van der Waals surface area (Å²) in [5, 5.41) is 4.32. The lowest BCUT2D eigenvalue weighted by molar-refractivity contribution is 0.514. The first-order valence-electron chi connectivity index (χ1n) is 4.86. The Labute approximate surface area is 81.0 Å². The maximum atomic E-state index is 4.32. The predicted molar refractivity (Wildman–Crippen MR) is 56.0 cm³/mol. The number of aryl methyl sites for hydroxylation is 1. The standard InChI is InChI=1S/C11H20N2/c1-8(2)9-7-12-13(6)10(9)11(3,4)5/h7-8H,1-6H3. The monoisotopic (exact) mass is 180 g/mol. The molecule has 0 aromatic carbocycles. The van der Waals surface area contributed by atoms with Crippen molar-refractivity contribution >= 4 is 0 Å². The van der Waals surface area contributed by atoms with Crippen LogP contribution in [0.3, 0.4) is 0 Å². The Bertz CT molecular complexity index is 290. The molecule has 0 fully saturated rings. The Kier molecular flexibility index (Phi) is 2.51. The van der Waals surface area contributed by atoms with Gasteiger partial charge in [0.2, 0.25) is 0 Å². The van der Waals surface area contributed by atoms with Crippen LogP contribution in [0, 0.1) is 0 Å². The topological polar surface area (TPSA) is 17.8 Å². The third kappa shape index (κ3) is 1.93. The first kappa shape index (κ1) is 10.3. The minimum Gasteiger partial charge on any atom is -0.272 e. The van der Waals surface area contributed by atoms with Crippen molar-refractivity contribution < 1.29 is 0 Å². The fourth-order valence-corrected chi connectivity index (χ4v) is 1.80. The van der Waals surface area contributed by atoms with Gasteiger partial charge < -0.3 is 0 Å². The molecule has 0 saturated carbocycles. The van der Waals surface area contributed by atoms with E-state index < -0.39 is 0 Å². The van der Waals surface area contributed by atoms with Crippen molar-refractivity contribution in [3.05, 3.63) is 17.5 Å². The van der Waals surface area contributed by atoms with Gasteiger partial charge in [0, 0.05) is 18.2 Å². The zero-order valence-electron chi connectivity index (χ0n) is 9.55. The first-order valence-corrected chi connectivity index (χ1v) is 4.86. The molecule has 1 heterocycles. The zero-order valence-corrected chi connectivity index (χ0v) is 9.55. The van der Waals surface area contributed by atoms with Crippen molar-refractivity contribution in [2.24, 2.45) is 7.05 Å². The zero-order chi connectivity index (χ0) is 10.2. The lowest BCUT2D eigenvalue weighted by Crippen LogP contribution is -2.18. The second kappa shape index (κ2) is 3.17. The summed E-state index contributed by atoms with van der Waals surface area (Å²) in [5.41, 5.74) is 2.91. The highest BCUT2D eigenvalue weighted by molar-refractivity contribution is 5.27. The Balaban J connectivity index is 3.25. The van der Waals surface area contributed by atoms with Crippen molar-refractivity contribution in [2.45, 2.75) is 46.0 Å². The second-order valence-electron chi connectivity index (χ2n) is 4.98. The van der Waals surface area contributed by atoms with Crippen LogP contribution >= 0.6 is 0 Å². The van der Waals surface area contributed by atoms with Gasteiger partial charge in [-0.15, -0.1) is 0 Å². The number of nitrogens with zero attached hydrogens (tertiary/aromatic N) is 2. The Morgan fingerprint density at radius 3 is 2.15 bits per heavy atom. The Hall–Kier alpha value is -0.790. The third-order valence-electron chi connectivity index (χ3n) is 2.30. The molecule has 0 bridgehead atoms. The summed E-state index contributed by atoms with van der Waals surface area (Å²) < 4.78 is 2.00. The number of hydrogen-bond acceptors (Lipinski definition) is 1. The van der Waals surface area contributed by atoms with Gasteiger partial charge in [0.05, 0.1) is 6.20 Å². The summed E-state index contributed by atoms with van der Waals surface area (Å²) in [6.45, 7) is 11.1. The molecule has 0 N–H and O–H groups in total. The van der Waals surface area contributed by atoms with E-state index in [4.69, 9.17) is 0 Å². The molecule has 0 amide bonds. The third-order valence-corrected chi connectivity index (χ3v) is 2.30. The molecule has 74 valence electrons. The summed E-state index contributed by atoms with van der Waals surface area (Å²) in [7, 11) is 2.02. The molecule has 2 heteroatoms. The highest BCUT2D eigenvalue weighted by Crippen LogP contribution is 2.29. The van der Waals surface area contributed by atoms with Crippen LogP contribution in [0.2, 0.25) is 0 Å². The lowest BCUT2D eigenvalue weighted by Gasteiger charge is -2.22. The molecule has 0 radical (unpaired) electrons. The molecule has 0 spiro atoms. The van der Waals surface area contributed by atoms with Gasteiger partial charge in [-0.3, -0.25) is 4.68 Å². The van der Waals surface area contributed by atoms with E-state index in [-0.39, 0.29) is 5.41 Å². The van der Waals surface area contributed by atoms with Gasteiger partial charge in [0.1, 0.15) is 0 Å². The van der Waals surface area contributed by atoms with Crippen LogP contribution in [0.5, 0.6) is 0 Å². The summed E-state index contributed by atoms with van der Waals surface area (Å²) in [6, 6.07) is 0. The molecule has 13 heavy (non-hydrogen) atoms. The van der Waals surface area contributed by atoms with Crippen molar-refractivity contribution in [3.63, 3.8) is 0 Å². The van der Waals surface area contributed by atoms with Gasteiger partial charge in [0.15, 0.2) is 0 Å². The summed E-state index contributed by atoms with van der Waals surface area (Å²) in [6.07, 6.45) is 1.99. The normalized spacial score (nSPS) is 12.5. The van der Waals surface area contributed by atoms with E-state index in [1.807, 2.05) is 17.9 Å². The minimum atomic E-state index is 0.185. The molecule has 0 aliphatic heterocycles. The van der Waals surface area contributed by atoms with E-state index in [0.717, 1.165) is 0 Å². The summed E-state index contributed by atoms with van der Waals surface area (Å²) in [5.74, 6) is 0.558. The quantitative estimate of drug-likeness (QED) is 0.650. The highest BCUT2D eigenvalue weighted by Gasteiger charge is 2.23. The number of hydrogen-bond donors (Lipinski definition) is 0. The molecule has 1 rings (SSSR count). The fraction of sp³-hybridized carbons (Fsp3) is 0.727. The lowest BCUT2D eigenvalue weighted by atomic mass is 9.86. The van der Waals surface area contributed by atoms with Gasteiger partial charge in [0.25, 0.3) is 0 Å². The molecule has 2 nitrogen and oxygen atoms in total. The molecule has 1 aromatic rings. The van der Waals surface area contributed by atoms with E-state index in [2.05, 4.69) is 39.7 Å². The summed E-state index contributed by atoms with van der Waals surface area (Å²) in [4.78, 5) is 0. The Morgan fingerprint density at radius 1 is 1.31 bits per heavy atom. The van der Waals surface area contributed by atoms with Crippen molar-refractivity contribution in [1.82, 2.24) is 9.78 Å².